The third-order valence-electron chi connectivity index (χ3n) is 4.88. The van der Waals surface area contributed by atoms with Crippen LogP contribution in [0.4, 0.5) is 4.79 Å². The standard InChI is InChI=1S/C24H24N4O/c29-24-27-22(25-16-19-10-4-1-5-11-19)23(26-17-20-12-6-2-7-13-20)28(24)18-21-14-8-3-9-15-21/h1-15,23,26H,16-18H2,(H,25,27,29). The molecule has 2 N–H and O–H groups in total. The Balaban J connectivity index is 1.54. The van der Waals surface area contributed by atoms with Crippen molar-refractivity contribution in [2.24, 2.45) is 4.99 Å². The summed E-state index contributed by atoms with van der Waals surface area (Å²) in [5.74, 6) is 0.658. The predicted molar refractivity (Wildman–Crippen MR) is 115 cm³/mol. The first-order valence-corrected chi connectivity index (χ1v) is 9.77. The molecular formula is C24H24N4O. The van der Waals surface area contributed by atoms with E-state index in [9.17, 15) is 4.79 Å². The Hall–Kier alpha value is -3.44. The van der Waals surface area contributed by atoms with Crippen LogP contribution in [0.5, 0.6) is 0 Å². The SMILES string of the molecule is O=C1NC(=NCc2ccccc2)C(NCc2ccccc2)N1Cc1ccccc1. The van der Waals surface area contributed by atoms with Gasteiger partial charge in [0, 0.05) is 13.1 Å². The van der Waals surface area contributed by atoms with Crippen molar-refractivity contribution in [1.82, 2.24) is 15.5 Å². The van der Waals surface area contributed by atoms with Gasteiger partial charge in [-0.15, -0.1) is 0 Å². The average molecular weight is 384 g/mol. The minimum Gasteiger partial charge on any atom is -0.297 e. The molecule has 0 spiro atoms. The van der Waals surface area contributed by atoms with E-state index in [1.807, 2.05) is 78.9 Å². The second-order valence-electron chi connectivity index (χ2n) is 7.00. The van der Waals surface area contributed by atoms with Crippen LogP contribution < -0.4 is 10.6 Å². The molecule has 3 aromatic rings. The summed E-state index contributed by atoms with van der Waals surface area (Å²) in [4.78, 5) is 19.2. The van der Waals surface area contributed by atoms with Crippen LogP contribution in [0.25, 0.3) is 0 Å². The van der Waals surface area contributed by atoms with Gasteiger partial charge in [0.25, 0.3) is 0 Å². The monoisotopic (exact) mass is 384 g/mol. The molecule has 1 atom stereocenters. The molecule has 0 radical (unpaired) electrons. The number of carbonyl (C=O) groups excluding carboxylic acids is 1. The summed E-state index contributed by atoms with van der Waals surface area (Å²) in [6.45, 7) is 1.69. The van der Waals surface area contributed by atoms with Gasteiger partial charge in [0.05, 0.1) is 6.54 Å². The van der Waals surface area contributed by atoms with E-state index in [-0.39, 0.29) is 12.2 Å². The summed E-state index contributed by atoms with van der Waals surface area (Å²) in [5, 5.41) is 6.45. The molecule has 2 amide bonds. The Morgan fingerprint density at radius 3 is 1.97 bits per heavy atom. The molecule has 1 aliphatic heterocycles. The lowest BCUT2D eigenvalue weighted by Gasteiger charge is -2.24. The highest BCUT2D eigenvalue weighted by molar-refractivity contribution is 6.06. The molecule has 5 nitrogen and oxygen atoms in total. The van der Waals surface area contributed by atoms with E-state index in [1.54, 1.807) is 4.90 Å². The van der Waals surface area contributed by atoms with Crippen LogP contribution in [-0.2, 0) is 19.6 Å². The molecule has 1 saturated heterocycles. The summed E-state index contributed by atoms with van der Waals surface area (Å²) in [6, 6.07) is 30.1. The number of nitrogens with zero attached hydrogens (tertiary/aromatic N) is 2. The number of nitrogens with one attached hydrogen (secondary N) is 2. The Bertz CT molecular complexity index is 958. The molecule has 0 saturated carbocycles. The van der Waals surface area contributed by atoms with Gasteiger partial charge in [0.2, 0.25) is 0 Å². The number of urea groups is 1. The lowest BCUT2D eigenvalue weighted by molar-refractivity contribution is 0.195. The van der Waals surface area contributed by atoms with Crippen molar-refractivity contribution in [2.45, 2.75) is 25.8 Å². The number of amides is 2. The van der Waals surface area contributed by atoms with E-state index in [0.717, 1.165) is 16.7 Å². The Morgan fingerprint density at radius 1 is 0.793 bits per heavy atom. The molecule has 1 aliphatic rings. The smallest absolute Gasteiger partial charge is 0.297 e. The zero-order valence-electron chi connectivity index (χ0n) is 16.2. The number of hydrogen-bond acceptors (Lipinski definition) is 3. The molecule has 3 aromatic carbocycles. The molecule has 1 heterocycles. The molecule has 4 rings (SSSR count). The molecule has 1 unspecified atom stereocenters. The lowest BCUT2D eigenvalue weighted by Crippen LogP contribution is -2.45. The fourth-order valence-corrected chi connectivity index (χ4v) is 3.36. The molecule has 146 valence electrons. The first-order chi connectivity index (χ1) is 14.3. The largest absolute Gasteiger partial charge is 0.324 e. The average Bonchev–Trinajstić information content (AvgIpc) is 3.07. The van der Waals surface area contributed by atoms with Crippen molar-refractivity contribution in [1.29, 1.82) is 0 Å². The number of benzene rings is 3. The highest BCUT2D eigenvalue weighted by atomic mass is 16.2. The predicted octanol–water partition coefficient (Wildman–Crippen LogP) is 3.93. The highest BCUT2D eigenvalue weighted by Gasteiger charge is 2.36. The summed E-state index contributed by atoms with van der Waals surface area (Å²) in [5.41, 5.74) is 3.35. The molecule has 29 heavy (non-hydrogen) atoms. The van der Waals surface area contributed by atoms with Crippen LogP contribution in [0.3, 0.4) is 0 Å². The maximum Gasteiger partial charge on any atom is 0.324 e. The normalized spacial score (nSPS) is 17.5. The van der Waals surface area contributed by atoms with Crippen molar-refractivity contribution in [3.05, 3.63) is 108 Å². The molecule has 0 bridgehead atoms. The second kappa shape index (κ2) is 9.17. The number of amidine groups is 1. The van der Waals surface area contributed by atoms with Crippen LogP contribution in [0, 0.1) is 0 Å². The van der Waals surface area contributed by atoms with Gasteiger partial charge in [-0.3, -0.25) is 20.5 Å². The fraction of sp³-hybridized carbons (Fsp3) is 0.167. The topological polar surface area (TPSA) is 56.7 Å². The number of carbonyl (C=O) groups is 1. The van der Waals surface area contributed by atoms with E-state index in [4.69, 9.17) is 4.99 Å². The molecule has 0 aromatic heterocycles. The third-order valence-corrected chi connectivity index (χ3v) is 4.88. The van der Waals surface area contributed by atoms with E-state index in [1.165, 1.54) is 0 Å². The minimum atomic E-state index is -0.299. The molecular weight excluding hydrogens is 360 g/mol. The van der Waals surface area contributed by atoms with E-state index in [0.29, 0.717) is 25.5 Å². The van der Waals surface area contributed by atoms with Gasteiger partial charge in [-0.05, 0) is 16.7 Å². The van der Waals surface area contributed by atoms with Crippen LogP contribution in [0.2, 0.25) is 0 Å². The number of rotatable bonds is 7. The Labute approximate surface area is 171 Å². The van der Waals surface area contributed by atoms with Crippen LogP contribution >= 0.6 is 0 Å². The zero-order chi connectivity index (χ0) is 19.9. The van der Waals surface area contributed by atoms with E-state index < -0.39 is 0 Å². The summed E-state index contributed by atoms with van der Waals surface area (Å²) < 4.78 is 0. The highest BCUT2D eigenvalue weighted by Crippen LogP contribution is 2.15. The van der Waals surface area contributed by atoms with Gasteiger partial charge >= 0.3 is 6.03 Å². The summed E-state index contributed by atoms with van der Waals surface area (Å²) in [7, 11) is 0. The maximum atomic E-state index is 12.7. The van der Waals surface area contributed by atoms with Crippen molar-refractivity contribution < 1.29 is 4.79 Å². The van der Waals surface area contributed by atoms with Crippen LogP contribution in [-0.4, -0.2) is 22.9 Å². The Kier molecular flexibility index (Phi) is 5.98. The van der Waals surface area contributed by atoms with Gasteiger partial charge in [-0.1, -0.05) is 91.0 Å². The van der Waals surface area contributed by atoms with Gasteiger partial charge < -0.3 is 0 Å². The first kappa shape index (κ1) is 18.9. The van der Waals surface area contributed by atoms with Crippen LogP contribution in [0.1, 0.15) is 16.7 Å². The maximum absolute atomic E-state index is 12.7. The molecule has 5 heteroatoms. The van der Waals surface area contributed by atoms with Crippen molar-refractivity contribution in [3.63, 3.8) is 0 Å². The van der Waals surface area contributed by atoms with E-state index >= 15 is 0 Å². The summed E-state index contributed by atoms with van der Waals surface area (Å²) in [6.07, 6.45) is -0.299. The molecule has 0 aliphatic carbocycles. The van der Waals surface area contributed by atoms with Crippen LogP contribution in [0.15, 0.2) is 96.0 Å². The lowest BCUT2D eigenvalue weighted by atomic mass is 10.2. The van der Waals surface area contributed by atoms with Gasteiger partial charge in [0.1, 0.15) is 12.0 Å². The van der Waals surface area contributed by atoms with Gasteiger partial charge in [-0.2, -0.15) is 0 Å². The summed E-state index contributed by atoms with van der Waals surface area (Å²) >= 11 is 0. The fourth-order valence-electron chi connectivity index (χ4n) is 3.36. The minimum absolute atomic E-state index is 0.133. The van der Waals surface area contributed by atoms with Gasteiger partial charge in [0.15, 0.2) is 0 Å². The van der Waals surface area contributed by atoms with E-state index in [2.05, 4.69) is 22.8 Å². The second-order valence-corrected chi connectivity index (χ2v) is 7.00. The quantitative estimate of drug-likeness (QED) is 0.649. The third kappa shape index (κ3) is 4.89. The van der Waals surface area contributed by atoms with Crippen molar-refractivity contribution in [2.75, 3.05) is 0 Å². The first-order valence-electron chi connectivity index (χ1n) is 9.77. The molecule has 1 fully saturated rings. The number of aliphatic imine (C=N–C) groups is 1. The van der Waals surface area contributed by atoms with Gasteiger partial charge in [-0.25, -0.2) is 4.79 Å². The van der Waals surface area contributed by atoms with Crippen molar-refractivity contribution >= 4 is 11.9 Å². The Morgan fingerprint density at radius 2 is 1.34 bits per heavy atom. The number of hydrogen-bond donors (Lipinski definition) is 2. The van der Waals surface area contributed by atoms with Crippen molar-refractivity contribution in [3.8, 4) is 0 Å². The zero-order valence-corrected chi connectivity index (χ0v) is 16.2.